The number of aryl methyl sites for hydroxylation is 1. The number of nitrogens with zero attached hydrogens (tertiary/aromatic N) is 2. The fourth-order valence-electron chi connectivity index (χ4n) is 5.28. The Kier molecular flexibility index (Phi) is 8.86. The second-order valence-corrected chi connectivity index (χ2v) is 9.63. The van der Waals surface area contributed by atoms with Crippen LogP contribution in [0.25, 0.3) is 0 Å². The zero-order chi connectivity index (χ0) is 27.1. The maximum atomic E-state index is 13.6. The predicted molar refractivity (Wildman–Crippen MR) is 148 cm³/mol. The molecule has 3 N–H and O–H groups in total. The number of halogens is 1. The van der Waals surface area contributed by atoms with Gasteiger partial charge in [0, 0.05) is 47.9 Å². The van der Waals surface area contributed by atoms with Crippen LogP contribution in [0.4, 0.5) is 10.5 Å². The molecule has 2 aliphatic rings. The number of rotatable bonds is 5. The van der Waals surface area contributed by atoms with Crippen LogP contribution < -0.4 is 20.7 Å². The maximum Gasteiger partial charge on any atom is 0.318 e. The number of nitrogens with two attached hydrogens (primary N) is 1. The van der Waals surface area contributed by atoms with E-state index < -0.39 is 6.03 Å². The van der Waals surface area contributed by atoms with Crippen molar-refractivity contribution in [2.24, 2.45) is 5.73 Å². The molecular formula is C29H31ClN4O4. The second-order valence-electron chi connectivity index (χ2n) is 9.19. The minimum atomic E-state index is -0.829. The number of carbonyl (C=O) groups is 3. The smallest absolute Gasteiger partial charge is 0.318 e. The van der Waals surface area contributed by atoms with Gasteiger partial charge in [-0.3, -0.25) is 14.9 Å². The van der Waals surface area contributed by atoms with E-state index in [2.05, 4.69) is 51.9 Å². The number of nitrogens with one attached hydrogen (secondary N) is 1. The van der Waals surface area contributed by atoms with Crippen LogP contribution in [0.1, 0.15) is 33.8 Å². The summed E-state index contributed by atoms with van der Waals surface area (Å²) in [6.07, 6.45) is 2.35. The molecule has 0 saturated carbocycles. The van der Waals surface area contributed by atoms with Gasteiger partial charge in [-0.25, -0.2) is 4.79 Å². The van der Waals surface area contributed by atoms with Crippen LogP contribution in [0, 0.1) is 0 Å². The van der Waals surface area contributed by atoms with Gasteiger partial charge in [-0.2, -0.15) is 0 Å². The van der Waals surface area contributed by atoms with Gasteiger partial charge in [-0.15, -0.1) is 0 Å². The quantitative estimate of drug-likeness (QED) is 0.477. The summed E-state index contributed by atoms with van der Waals surface area (Å²) in [4.78, 5) is 36.7. The zero-order valence-corrected chi connectivity index (χ0v) is 21.9. The van der Waals surface area contributed by atoms with Gasteiger partial charge in [-0.1, -0.05) is 48.0 Å². The van der Waals surface area contributed by atoms with E-state index in [1.54, 1.807) is 18.5 Å². The molecule has 3 aromatic carbocycles. The highest BCUT2D eigenvalue weighted by atomic mass is 35.5. The number of hydrogen-bond donors (Lipinski definition) is 2. The van der Waals surface area contributed by atoms with Crippen molar-refractivity contribution in [2.45, 2.75) is 24.8 Å². The molecule has 2 unspecified atom stereocenters. The van der Waals surface area contributed by atoms with Gasteiger partial charge in [0.1, 0.15) is 5.75 Å². The topological polar surface area (TPSA) is 105 Å². The summed E-state index contributed by atoms with van der Waals surface area (Å²) in [5, 5.41) is 2.26. The highest BCUT2D eigenvalue weighted by Crippen LogP contribution is 2.39. The molecule has 0 bridgehead atoms. The number of primary amides is 1. The highest BCUT2D eigenvalue weighted by molar-refractivity contribution is 6.31. The molecule has 1 saturated heterocycles. The van der Waals surface area contributed by atoms with E-state index in [0.717, 1.165) is 37.4 Å². The van der Waals surface area contributed by atoms with Crippen LogP contribution in [-0.2, 0) is 11.2 Å². The van der Waals surface area contributed by atoms with Crippen molar-refractivity contribution in [1.29, 1.82) is 0 Å². The molecule has 0 aromatic heterocycles. The number of hydrogen-bond acceptors (Lipinski definition) is 5. The van der Waals surface area contributed by atoms with E-state index in [1.807, 2.05) is 30.3 Å². The largest absolute Gasteiger partial charge is 0.497 e. The Morgan fingerprint density at radius 1 is 1.05 bits per heavy atom. The van der Waals surface area contributed by atoms with Crippen molar-refractivity contribution < 1.29 is 19.1 Å². The summed E-state index contributed by atoms with van der Waals surface area (Å²) in [6, 6.07) is 23.4. The normalized spacial score (nSPS) is 18.1. The Bertz CT molecular complexity index is 1300. The summed E-state index contributed by atoms with van der Waals surface area (Å²) >= 11 is 6.20. The molecule has 1 aliphatic carbocycles. The van der Waals surface area contributed by atoms with Crippen molar-refractivity contribution in [1.82, 2.24) is 10.2 Å². The molecule has 9 heteroatoms. The number of amides is 4. The Labute approximate surface area is 227 Å². The van der Waals surface area contributed by atoms with E-state index >= 15 is 0 Å². The number of piperazine rings is 1. The lowest BCUT2D eigenvalue weighted by Crippen LogP contribution is -2.57. The highest BCUT2D eigenvalue weighted by Gasteiger charge is 2.39. The third kappa shape index (κ3) is 6.26. The lowest BCUT2D eigenvalue weighted by atomic mass is 9.89. The Morgan fingerprint density at radius 3 is 2.55 bits per heavy atom. The molecule has 8 nitrogen and oxygen atoms in total. The van der Waals surface area contributed by atoms with Gasteiger partial charge in [0.25, 0.3) is 5.91 Å². The van der Waals surface area contributed by atoms with Crippen LogP contribution in [0.5, 0.6) is 5.75 Å². The number of fused-ring (bicyclic) bond motifs is 1. The lowest BCUT2D eigenvalue weighted by Gasteiger charge is -2.45. The number of imide groups is 1. The molecule has 1 aliphatic heterocycles. The fourth-order valence-corrected chi connectivity index (χ4v) is 5.47. The maximum absolute atomic E-state index is 13.6. The van der Waals surface area contributed by atoms with E-state index in [1.165, 1.54) is 11.1 Å². The first-order valence-corrected chi connectivity index (χ1v) is 12.8. The van der Waals surface area contributed by atoms with Crippen molar-refractivity contribution in [3.63, 3.8) is 0 Å². The van der Waals surface area contributed by atoms with E-state index in [4.69, 9.17) is 16.3 Å². The predicted octanol–water partition coefficient (Wildman–Crippen LogP) is 4.22. The standard InChI is InChI=1S/C27H27ClN2O2.C2H4N2O2/c1-32-23-10-5-9-22(17-23)29-14-15-30(27(31)20-7-4-8-21(28)16-20)26(18-29)25-13-12-19-6-2-3-11-24(19)25;3-2(6)4-1-5/h2-11,16-17,25-26H,12-15,18H2,1H3;1H,(H3,3,4,5,6). The molecule has 38 heavy (non-hydrogen) atoms. The molecular weight excluding hydrogens is 504 g/mol. The minimum Gasteiger partial charge on any atom is -0.497 e. The summed E-state index contributed by atoms with van der Waals surface area (Å²) < 4.78 is 5.44. The Balaban J connectivity index is 0.000000505. The number of benzene rings is 3. The Hall–Kier alpha value is -4.04. The first-order chi connectivity index (χ1) is 18.4. The van der Waals surface area contributed by atoms with Gasteiger partial charge in [0.05, 0.1) is 13.2 Å². The van der Waals surface area contributed by atoms with Gasteiger partial charge in [0.15, 0.2) is 0 Å². The van der Waals surface area contributed by atoms with Crippen LogP contribution in [0.3, 0.4) is 0 Å². The number of carbonyl (C=O) groups excluding carboxylic acids is 3. The summed E-state index contributed by atoms with van der Waals surface area (Å²) in [5.74, 6) is 1.23. The molecule has 5 rings (SSSR count). The van der Waals surface area contributed by atoms with Crippen LogP contribution in [-0.4, -0.2) is 56.0 Å². The zero-order valence-electron chi connectivity index (χ0n) is 21.2. The van der Waals surface area contributed by atoms with Crippen molar-refractivity contribution in [3.8, 4) is 5.75 Å². The van der Waals surface area contributed by atoms with E-state index in [9.17, 15) is 14.4 Å². The van der Waals surface area contributed by atoms with E-state index in [0.29, 0.717) is 23.0 Å². The Morgan fingerprint density at radius 2 is 1.84 bits per heavy atom. The molecule has 1 heterocycles. The minimum absolute atomic E-state index is 0.0622. The van der Waals surface area contributed by atoms with Gasteiger partial charge in [-0.05, 0) is 54.3 Å². The average Bonchev–Trinajstić information content (AvgIpc) is 3.37. The molecule has 4 amide bonds. The molecule has 0 radical (unpaired) electrons. The number of anilines is 1. The van der Waals surface area contributed by atoms with Crippen molar-refractivity contribution in [3.05, 3.63) is 94.5 Å². The summed E-state index contributed by atoms with van der Waals surface area (Å²) in [6.45, 7) is 2.24. The third-order valence-corrected chi connectivity index (χ3v) is 7.25. The molecule has 3 aromatic rings. The first kappa shape index (κ1) is 27.0. The number of ether oxygens (including phenoxy) is 1. The fraction of sp³-hybridized carbons (Fsp3) is 0.276. The van der Waals surface area contributed by atoms with Crippen molar-refractivity contribution in [2.75, 3.05) is 31.6 Å². The van der Waals surface area contributed by atoms with Crippen LogP contribution >= 0.6 is 11.6 Å². The summed E-state index contributed by atoms with van der Waals surface area (Å²) in [7, 11) is 1.69. The monoisotopic (exact) mass is 534 g/mol. The molecule has 1 fully saturated rings. The van der Waals surface area contributed by atoms with Gasteiger partial charge < -0.3 is 20.3 Å². The lowest BCUT2D eigenvalue weighted by molar-refractivity contribution is -0.108. The van der Waals surface area contributed by atoms with Gasteiger partial charge in [0.2, 0.25) is 6.41 Å². The number of methoxy groups -OCH3 is 1. The van der Waals surface area contributed by atoms with Crippen LogP contribution in [0.2, 0.25) is 5.02 Å². The van der Waals surface area contributed by atoms with Gasteiger partial charge >= 0.3 is 6.03 Å². The van der Waals surface area contributed by atoms with Crippen molar-refractivity contribution >= 4 is 35.6 Å². The molecule has 2 atom stereocenters. The third-order valence-electron chi connectivity index (χ3n) is 7.01. The molecule has 198 valence electrons. The van der Waals surface area contributed by atoms with Crippen LogP contribution in [0.15, 0.2) is 72.8 Å². The summed E-state index contributed by atoms with van der Waals surface area (Å²) in [5.41, 5.74) is 9.00. The first-order valence-electron chi connectivity index (χ1n) is 12.4. The SMILES string of the molecule is COc1cccc(N2CCN(C(=O)c3cccc(Cl)c3)C(C3CCc4ccccc43)C2)c1.NC(=O)NC=O. The second kappa shape index (κ2) is 12.5. The number of urea groups is 1. The van der Waals surface area contributed by atoms with E-state index in [-0.39, 0.29) is 18.4 Å². The molecule has 0 spiro atoms. The average molecular weight is 535 g/mol.